The van der Waals surface area contributed by atoms with Crippen LogP contribution in [-0.2, 0) is 14.0 Å². The lowest BCUT2D eigenvalue weighted by Gasteiger charge is -2.32. The standard InChI is InChI=1S/C16H24BNO4/c1-15(2)16(3,4)22-17(21-15)14-10-12(7-8-18-14)20-11-13-6-5-9-19-13/h7-8,10,13H,5-6,9,11H2,1-4H3. The highest BCUT2D eigenvalue weighted by molar-refractivity contribution is 6.61. The number of nitrogens with zero attached hydrogens (tertiary/aromatic N) is 1. The van der Waals surface area contributed by atoms with E-state index < -0.39 is 7.12 Å². The molecule has 0 aliphatic carbocycles. The van der Waals surface area contributed by atoms with Gasteiger partial charge in [-0.15, -0.1) is 0 Å². The number of rotatable bonds is 4. The van der Waals surface area contributed by atoms with Crippen molar-refractivity contribution in [1.29, 1.82) is 0 Å². The molecule has 0 spiro atoms. The van der Waals surface area contributed by atoms with E-state index in [4.69, 9.17) is 18.8 Å². The summed E-state index contributed by atoms with van der Waals surface area (Å²) in [7, 11) is -0.462. The Hall–Kier alpha value is -1.11. The molecule has 2 aliphatic rings. The predicted octanol–water partition coefficient (Wildman–Crippen LogP) is 1.94. The smallest absolute Gasteiger partial charge is 0.491 e. The number of aromatic nitrogens is 1. The Kier molecular flexibility index (Phi) is 4.18. The van der Waals surface area contributed by atoms with E-state index in [-0.39, 0.29) is 17.3 Å². The zero-order chi connectivity index (χ0) is 15.8. The van der Waals surface area contributed by atoms with Crippen molar-refractivity contribution < 1.29 is 18.8 Å². The number of ether oxygens (including phenoxy) is 2. The van der Waals surface area contributed by atoms with Gasteiger partial charge in [0.15, 0.2) is 0 Å². The van der Waals surface area contributed by atoms with Gasteiger partial charge in [-0.1, -0.05) is 0 Å². The van der Waals surface area contributed by atoms with E-state index in [0.29, 0.717) is 6.61 Å². The van der Waals surface area contributed by atoms with Gasteiger partial charge in [-0.25, -0.2) is 0 Å². The van der Waals surface area contributed by atoms with Gasteiger partial charge in [0, 0.05) is 12.8 Å². The summed E-state index contributed by atoms with van der Waals surface area (Å²) in [5, 5.41) is 0. The van der Waals surface area contributed by atoms with Crippen LogP contribution in [0.3, 0.4) is 0 Å². The molecule has 22 heavy (non-hydrogen) atoms. The molecule has 2 saturated heterocycles. The number of pyridine rings is 1. The molecule has 0 amide bonds. The Morgan fingerprint density at radius 1 is 1.27 bits per heavy atom. The monoisotopic (exact) mass is 305 g/mol. The lowest BCUT2D eigenvalue weighted by atomic mass is 9.84. The van der Waals surface area contributed by atoms with Crippen LogP contribution in [0.2, 0.25) is 0 Å². The summed E-state index contributed by atoms with van der Waals surface area (Å²) in [5.74, 6) is 0.773. The van der Waals surface area contributed by atoms with Gasteiger partial charge in [-0.05, 0) is 52.7 Å². The number of hydrogen-bond donors (Lipinski definition) is 0. The zero-order valence-electron chi connectivity index (χ0n) is 13.8. The molecule has 0 saturated carbocycles. The molecule has 1 aromatic rings. The second kappa shape index (κ2) is 5.83. The van der Waals surface area contributed by atoms with Gasteiger partial charge in [0.05, 0.1) is 22.9 Å². The number of hydrogen-bond acceptors (Lipinski definition) is 5. The normalized spacial score (nSPS) is 26.4. The molecule has 6 heteroatoms. The molecular formula is C16H24BNO4. The highest BCUT2D eigenvalue weighted by atomic mass is 16.7. The molecule has 2 fully saturated rings. The molecule has 0 radical (unpaired) electrons. The first-order chi connectivity index (χ1) is 10.4. The van der Waals surface area contributed by atoms with Crippen LogP contribution in [-0.4, -0.2) is 42.6 Å². The van der Waals surface area contributed by atoms with Crippen LogP contribution in [0.1, 0.15) is 40.5 Å². The third-order valence-electron chi connectivity index (χ3n) is 4.71. The lowest BCUT2D eigenvalue weighted by molar-refractivity contribution is 0.00578. The molecule has 1 atom stereocenters. The molecular weight excluding hydrogens is 281 g/mol. The minimum atomic E-state index is -0.462. The van der Waals surface area contributed by atoms with Crippen molar-refractivity contribution in [3.8, 4) is 5.75 Å². The highest BCUT2D eigenvalue weighted by Gasteiger charge is 2.52. The van der Waals surface area contributed by atoms with Crippen molar-refractivity contribution >= 4 is 12.7 Å². The molecule has 0 aromatic carbocycles. The van der Waals surface area contributed by atoms with E-state index >= 15 is 0 Å². The van der Waals surface area contributed by atoms with Gasteiger partial charge >= 0.3 is 7.12 Å². The average Bonchev–Trinajstić information content (AvgIpc) is 3.04. The van der Waals surface area contributed by atoms with Crippen molar-refractivity contribution in [3.05, 3.63) is 18.3 Å². The van der Waals surface area contributed by atoms with Crippen LogP contribution < -0.4 is 10.3 Å². The Morgan fingerprint density at radius 2 is 2.00 bits per heavy atom. The Labute approximate surface area is 132 Å². The molecule has 3 rings (SSSR count). The molecule has 120 valence electrons. The zero-order valence-corrected chi connectivity index (χ0v) is 13.8. The maximum atomic E-state index is 6.02. The van der Waals surface area contributed by atoms with Crippen molar-refractivity contribution in [2.75, 3.05) is 13.2 Å². The Balaban J connectivity index is 1.66. The fourth-order valence-electron chi connectivity index (χ4n) is 2.58. The molecule has 1 aromatic heterocycles. The van der Waals surface area contributed by atoms with Gasteiger partial charge in [-0.2, -0.15) is 0 Å². The first-order valence-electron chi connectivity index (χ1n) is 7.93. The Bertz CT molecular complexity index is 513. The van der Waals surface area contributed by atoms with Crippen molar-refractivity contribution in [2.24, 2.45) is 0 Å². The van der Waals surface area contributed by atoms with Crippen LogP contribution in [0, 0.1) is 0 Å². The third-order valence-corrected chi connectivity index (χ3v) is 4.71. The van der Waals surface area contributed by atoms with Gasteiger partial charge in [0.1, 0.15) is 12.4 Å². The maximum Gasteiger partial charge on any atom is 0.514 e. The van der Waals surface area contributed by atoms with Gasteiger partial charge in [-0.3, -0.25) is 4.98 Å². The van der Waals surface area contributed by atoms with E-state index in [0.717, 1.165) is 30.8 Å². The summed E-state index contributed by atoms with van der Waals surface area (Å²) in [6.07, 6.45) is 4.11. The second-order valence-electron chi connectivity index (χ2n) is 6.95. The Morgan fingerprint density at radius 3 is 2.64 bits per heavy atom. The highest BCUT2D eigenvalue weighted by Crippen LogP contribution is 2.36. The predicted molar refractivity (Wildman–Crippen MR) is 84.4 cm³/mol. The molecule has 5 nitrogen and oxygen atoms in total. The summed E-state index contributed by atoms with van der Waals surface area (Å²) < 4.78 is 23.4. The van der Waals surface area contributed by atoms with Gasteiger partial charge in [0.2, 0.25) is 0 Å². The van der Waals surface area contributed by atoms with Gasteiger partial charge in [0.25, 0.3) is 0 Å². The fourth-order valence-corrected chi connectivity index (χ4v) is 2.58. The van der Waals surface area contributed by atoms with Crippen molar-refractivity contribution in [2.45, 2.75) is 57.8 Å². The third kappa shape index (κ3) is 3.14. The van der Waals surface area contributed by atoms with E-state index in [9.17, 15) is 0 Å². The molecule has 1 unspecified atom stereocenters. The minimum Gasteiger partial charge on any atom is -0.491 e. The van der Waals surface area contributed by atoms with Gasteiger partial charge < -0.3 is 18.8 Å². The summed E-state index contributed by atoms with van der Waals surface area (Å²) in [6.45, 7) is 9.54. The van der Waals surface area contributed by atoms with E-state index in [2.05, 4.69) is 4.98 Å². The average molecular weight is 305 g/mol. The quantitative estimate of drug-likeness (QED) is 0.796. The SMILES string of the molecule is CC1(C)OB(c2cc(OCC3CCCO3)ccn2)OC1(C)C. The first kappa shape index (κ1) is 15.8. The first-order valence-corrected chi connectivity index (χ1v) is 7.93. The molecule has 0 bridgehead atoms. The van der Waals surface area contributed by atoms with Crippen LogP contribution in [0.4, 0.5) is 0 Å². The summed E-state index contributed by atoms with van der Waals surface area (Å²) in [6, 6.07) is 3.74. The van der Waals surface area contributed by atoms with E-state index in [1.807, 2.05) is 39.8 Å². The largest absolute Gasteiger partial charge is 0.514 e. The maximum absolute atomic E-state index is 6.02. The van der Waals surface area contributed by atoms with Crippen molar-refractivity contribution in [3.63, 3.8) is 0 Å². The second-order valence-corrected chi connectivity index (χ2v) is 6.95. The van der Waals surface area contributed by atoms with Crippen LogP contribution in [0.25, 0.3) is 0 Å². The minimum absolute atomic E-state index is 0.202. The topological polar surface area (TPSA) is 49.8 Å². The van der Waals surface area contributed by atoms with Crippen LogP contribution >= 0.6 is 0 Å². The molecule has 3 heterocycles. The lowest BCUT2D eigenvalue weighted by Crippen LogP contribution is -2.41. The van der Waals surface area contributed by atoms with E-state index in [1.54, 1.807) is 6.20 Å². The summed E-state index contributed by atoms with van der Waals surface area (Å²) in [5.41, 5.74) is 0.00501. The molecule has 0 N–H and O–H groups in total. The summed E-state index contributed by atoms with van der Waals surface area (Å²) >= 11 is 0. The van der Waals surface area contributed by atoms with Crippen LogP contribution in [0.5, 0.6) is 5.75 Å². The fraction of sp³-hybridized carbons (Fsp3) is 0.688. The van der Waals surface area contributed by atoms with Crippen molar-refractivity contribution in [1.82, 2.24) is 4.98 Å². The summed E-state index contributed by atoms with van der Waals surface area (Å²) in [4.78, 5) is 4.37. The van der Waals surface area contributed by atoms with E-state index in [1.165, 1.54) is 0 Å². The van der Waals surface area contributed by atoms with Crippen LogP contribution in [0.15, 0.2) is 18.3 Å². The molecule has 2 aliphatic heterocycles.